The summed E-state index contributed by atoms with van der Waals surface area (Å²) in [4.78, 5) is 0. The standard InChI is InChI=1S/C24H40F5NO2/c1-13(2)14-8-10-16(11-9-14)21(32)19-18(15-6-4-3-5-7-15)17(12-31)20(23(25)26)30-22(19)24(27,28)29/h13-23,30-32H,3-12H2,1-2H3. The molecule has 8 heteroatoms. The normalized spacial score (nSPS) is 38.9. The van der Waals surface area contributed by atoms with Crippen LogP contribution in [0.2, 0.25) is 0 Å². The van der Waals surface area contributed by atoms with Crippen molar-refractivity contribution in [3.63, 3.8) is 0 Å². The first kappa shape index (κ1) is 26.1. The fourth-order valence-corrected chi connectivity index (χ4v) is 7.07. The Hall–Kier alpha value is -0.470. The van der Waals surface area contributed by atoms with Crippen LogP contribution < -0.4 is 5.32 Å². The summed E-state index contributed by atoms with van der Waals surface area (Å²) in [5.41, 5.74) is 0. The second-order valence-electron chi connectivity index (χ2n) is 10.9. The number of halogens is 5. The summed E-state index contributed by atoms with van der Waals surface area (Å²) >= 11 is 0. The lowest BCUT2D eigenvalue weighted by atomic mass is 9.58. The first-order valence-electron chi connectivity index (χ1n) is 12.5. The largest absolute Gasteiger partial charge is 0.404 e. The van der Waals surface area contributed by atoms with Crippen molar-refractivity contribution in [2.75, 3.05) is 6.61 Å². The zero-order chi connectivity index (χ0) is 23.6. The van der Waals surface area contributed by atoms with Crippen molar-refractivity contribution in [2.24, 2.45) is 41.4 Å². The SMILES string of the molecule is CC(C)C1CCC(C(O)C2C(C3CCCCC3)C(CO)C(C(F)F)NC2C(F)(F)F)CC1. The maximum atomic E-state index is 14.2. The van der Waals surface area contributed by atoms with E-state index >= 15 is 0 Å². The van der Waals surface area contributed by atoms with Gasteiger partial charge in [-0.3, -0.25) is 5.32 Å². The van der Waals surface area contributed by atoms with Crippen molar-refractivity contribution in [2.45, 2.75) is 102 Å². The minimum atomic E-state index is -4.75. The van der Waals surface area contributed by atoms with Crippen LogP contribution in [0.25, 0.3) is 0 Å². The molecule has 6 unspecified atom stereocenters. The Morgan fingerprint density at radius 2 is 1.47 bits per heavy atom. The van der Waals surface area contributed by atoms with Crippen LogP contribution >= 0.6 is 0 Å². The van der Waals surface area contributed by atoms with Crippen LogP contribution in [-0.4, -0.2) is 47.6 Å². The lowest BCUT2D eigenvalue weighted by molar-refractivity contribution is -0.219. The van der Waals surface area contributed by atoms with Crippen molar-refractivity contribution < 1.29 is 32.2 Å². The van der Waals surface area contributed by atoms with Crippen LogP contribution in [0.5, 0.6) is 0 Å². The fraction of sp³-hybridized carbons (Fsp3) is 1.00. The Balaban J connectivity index is 1.94. The number of hydrogen-bond acceptors (Lipinski definition) is 3. The Morgan fingerprint density at radius 1 is 0.906 bits per heavy atom. The summed E-state index contributed by atoms with van der Waals surface area (Å²) in [6.45, 7) is 3.68. The van der Waals surface area contributed by atoms with Crippen LogP contribution in [0.4, 0.5) is 22.0 Å². The van der Waals surface area contributed by atoms with Gasteiger partial charge >= 0.3 is 6.18 Å². The number of hydrogen-bond donors (Lipinski definition) is 3. The van der Waals surface area contributed by atoms with Gasteiger partial charge in [0.2, 0.25) is 0 Å². The molecule has 0 aromatic carbocycles. The second kappa shape index (κ2) is 10.9. The van der Waals surface area contributed by atoms with Gasteiger partial charge in [-0.15, -0.1) is 0 Å². The predicted octanol–water partition coefficient (Wildman–Crippen LogP) is 5.40. The molecule has 6 atom stereocenters. The topological polar surface area (TPSA) is 52.5 Å². The smallest absolute Gasteiger partial charge is 0.396 e. The van der Waals surface area contributed by atoms with Gasteiger partial charge in [-0.1, -0.05) is 46.0 Å². The zero-order valence-electron chi connectivity index (χ0n) is 19.2. The molecule has 188 valence electrons. The molecule has 0 spiro atoms. The van der Waals surface area contributed by atoms with E-state index in [0.29, 0.717) is 37.5 Å². The summed E-state index contributed by atoms with van der Waals surface area (Å²) in [6.07, 6.45) is -1.90. The lowest BCUT2D eigenvalue weighted by Gasteiger charge is -2.54. The van der Waals surface area contributed by atoms with E-state index in [0.717, 1.165) is 32.1 Å². The molecular weight excluding hydrogens is 429 g/mol. The molecule has 0 aromatic heterocycles. The van der Waals surface area contributed by atoms with E-state index in [-0.39, 0.29) is 11.8 Å². The second-order valence-corrected chi connectivity index (χ2v) is 10.9. The lowest BCUT2D eigenvalue weighted by Crippen LogP contribution is -2.68. The van der Waals surface area contributed by atoms with E-state index in [1.807, 2.05) is 0 Å². The molecule has 3 aliphatic rings. The van der Waals surface area contributed by atoms with Crippen LogP contribution in [0.15, 0.2) is 0 Å². The monoisotopic (exact) mass is 469 g/mol. The van der Waals surface area contributed by atoms with E-state index in [1.165, 1.54) is 0 Å². The van der Waals surface area contributed by atoms with Gasteiger partial charge in [-0.2, -0.15) is 13.2 Å². The molecule has 1 aliphatic heterocycles. The average Bonchev–Trinajstić information content (AvgIpc) is 2.77. The number of piperidine rings is 1. The molecule has 0 bridgehead atoms. The van der Waals surface area contributed by atoms with Gasteiger partial charge in [-0.25, -0.2) is 8.78 Å². The molecule has 0 amide bonds. The van der Waals surface area contributed by atoms with Crippen molar-refractivity contribution in [3.05, 3.63) is 0 Å². The third-order valence-corrected chi connectivity index (χ3v) is 8.82. The van der Waals surface area contributed by atoms with Gasteiger partial charge < -0.3 is 10.2 Å². The van der Waals surface area contributed by atoms with Gasteiger partial charge in [-0.05, 0) is 55.3 Å². The van der Waals surface area contributed by atoms with Crippen LogP contribution in [0, 0.1) is 41.4 Å². The minimum absolute atomic E-state index is 0.180. The molecule has 0 radical (unpaired) electrons. The van der Waals surface area contributed by atoms with Gasteiger partial charge in [0.05, 0.1) is 12.1 Å². The molecule has 3 N–H and O–H groups in total. The summed E-state index contributed by atoms with van der Waals surface area (Å²) in [5.74, 6) is -2.44. The van der Waals surface area contributed by atoms with Gasteiger partial charge in [0.1, 0.15) is 6.04 Å². The Morgan fingerprint density at radius 3 is 1.94 bits per heavy atom. The number of aliphatic hydroxyl groups excluding tert-OH is 2. The van der Waals surface area contributed by atoms with E-state index in [4.69, 9.17) is 0 Å². The molecule has 2 saturated carbocycles. The summed E-state index contributed by atoms with van der Waals surface area (Å²) < 4.78 is 70.4. The number of aliphatic hydroxyl groups is 2. The number of nitrogens with one attached hydrogen (secondary N) is 1. The third-order valence-electron chi connectivity index (χ3n) is 8.82. The van der Waals surface area contributed by atoms with Gasteiger partial charge in [0, 0.05) is 18.4 Å². The molecule has 0 aromatic rings. The fourth-order valence-electron chi connectivity index (χ4n) is 7.07. The average molecular weight is 470 g/mol. The van der Waals surface area contributed by atoms with Crippen molar-refractivity contribution in [1.29, 1.82) is 0 Å². The number of rotatable bonds is 6. The highest BCUT2D eigenvalue weighted by Gasteiger charge is 2.60. The van der Waals surface area contributed by atoms with Crippen LogP contribution in [0.3, 0.4) is 0 Å². The molecular formula is C24H40F5NO2. The summed E-state index contributed by atoms with van der Waals surface area (Å²) in [5, 5.41) is 23.6. The van der Waals surface area contributed by atoms with E-state index < -0.39 is 55.1 Å². The highest BCUT2D eigenvalue weighted by molar-refractivity contribution is 5.06. The maximum absolute atomic E-state index is 14.2. The number of alkyl halides is 5. The quantitative estimate of drug-likeness (QED) is 0.457. The zero-order valence-corrected chi connectivity index (χ0v) is 19.2. The van der Waals surface area contributed by atoms with Gasteiger partial charge in [0.25, 0.3) is 6.43 Å². The Labute approximate surface area is 188 Å². The maximum Gasteiger partial charge on any atom is 0.404 e. The molecule has 3 nitrogen and oxygen atoms in total. The highest BCUT2D eigenvalue weighted by Crippen LogP contribution is 2.50. The van der Waals surface area contributed by atoms with Crippen molar-refractivity contribution >= 4 is 0 Å². The first-order valence-corrected chi connectivity index (χ1v) is 12.5. The molecule has 1 saturated heterocycles. The molecule has 32 heavy (non-hydrogen) atoms. The third kappa shape index (κ3) is 5.60. The minimum Gasteiger partial charge on any atom is -0.396 e. The van der Waals surface area contributed by atoms with Crippen LogP contribution in [0.1, 0.15) is 71.6 Å². The molecule has 2 aliphatic carbocycles. The van der Waals surface area contributed by atoms with Crippen molar-refractivity contribution in [3.8, 4) is 0 Å². The van der Waals surface area contributed by atoms with Gasteiger partial charge in [0.15, 0.2) is 0 Å². The highest BCUT2D eigenvalue weighted by atomic mass is 19.4. The van der Waals surface area contributed by atoms with Crippen LogP contribution in [-0.2, 0) is 0 Å². The molecule has 3 fully saturated rings. The summed E-state index contributed by atoms with van der Waals surface area (Å²) in [7, 11) is 0. The van der Waals surface area contributed by atoms with E-state index in [9.17, 15) is 32.2 Å². The van der Waals surface area contributed by atoms with E-state index in [1.54, 1.807) is 0 Å². The summed E-state index contributed by atoms with van der Waals surface area (Å²) in [6, 6.07) is -3.91. The van der Waals surface area contributed by atoms with E-state index in [2.05, 4.69) is 19.2 Å². The molecule has 3 rings (SSSR count). The predicted molar refractivity (Wildman–Crippen MR) is 113 cm³/mol. The first-order chi connectivity index (χ1) is 15.1. The van der Waals surface area contributed by atoms with Crippen molar-refractivity contribution in [1.82, 2.24) is 5.32 Å². The molecule has 1 heterocycles. The Bertz CT molecular complexity index is 573. The Kier molecular flexibility index (Phi) is 8.86.